The third kappa shape index (κ3) is 9.78. The zero-order valence-corrected chi connectivity index (χ0v) is 32.5. The molecule has 6 atom stereocenters. The monoisotopic (exact) mass is 760 g/mol. The lowest BCUT2D eigenvalue weighted by Gasteiger charge is -2.30. The topological polar surface area (TPSA) is 213 Å². The molecule has 1 unspecified atom stereocenters. The summed E-state index contributed by atoms with van der Waals surface area (Å²) >= 11 is 0. The van der Waals surface area contributed by atoms with Crippen molar-refractivity contribution in [3.05, 3.63) is 54.0 Å². The van der Waals surface area contributed by atoms with E-state index in [9.17, 15) is 18.9 Å². The Labute approximate surface area is 308 Å². The minimum absolute atomic E-state index is 0.0851. The van der Waals surface area contributed by atoms with Crippen LogP contribution in [0.3, 0.4) is 0 Å². The fourth-order valence-electron chi connectivity index (χ4n) is 5.57. The van der Waals surface area contributed by atoms with Crippen LogP contribution in [0.1, 0.15) is 66.6 Å². The third-order valence-electron chi connectivity index (χ3n) is 8.41. The Morgan fingerprint density at radius 3 is 2.34 bits per heavy atom. The van der Waals surface area contributed by atoms with Gasteiger partial charge in [-0.1, -0.05) is 32.9 Å². The molecular formula is C35H49N6O11P. The lowest BCUT2D eigenvalue weighted by molar-refractivity contribution is -0.165. The van der Waals surface area contributed by atoms with Crippen LogP contribution in [0.2, 0.25) is 0 Å². The van der Waals surface area contributed by atoms with Gasteiger partial charge < -0.3 is 33.9 Å². The number of nitrogens with one attached hydrogen (secondary N) is 1. The number of carbonyl (C=O) groups is 3. The van der Waals surface area contributed by atoms with E-state index in [1.165, 1.54) is 52.0 Å². The number of ether oxygens (including phenoxy) is 5. The number of fused-ring (bicyclic) bond motifs is 1. The first-order valence-electron chi connectivity index (χ1n) is 16.8. The van der Waals surface area contributed by atoms with Gasteiger partial charge in [0, 0.05) is 34.2 Å². The van der Waals surface area contributed by atoms with Crippen LogP contribution < -0.4 is 15.3 Å². The summed E-state index contributed by atoms with van der Waals surface area (Å²) in [6, 6.07) is 8.96. The molecule has 1 aliphatic rings. The quantitative estimate of drug-likeness (QED) is 0.0973. The van der Waals surface area contributed by atoms with E-state index in [2.05, 4.69) is 20.2 Å². The van der Waals surface area contributed by atoms with Gasteiger partial charge in [-0.15, -0.1) is 0 Å². The van der Waals surface area contributed by atoms with Crippen molar-refractivity contribution in [2.45, 2.75) is 96.4 Å². The average Bonchev–Trinajstić information content (AvgIpc) is 3.63. The van der Waals surface area contributed by atoms with Crippen molar-refractivity contribution < 1.29 is 51.7 Å². The second-order valence-electron chi connectivity index (χ2n) is 14.2. The summed E-state index contributed by atoms with van der Waals surface area (Å²) in [5.41, 5.74) is 5.11. The number of anilines is 1. The summed E-state index contributed by atoms with van der Waals surface area (Å²) in [5, 5.41) is 6.97. The van der Waals surface area contributed by atoms with Crippen molar-refractivity contribution in [3.63, 3.8) is 0 Å². The van der Waals surface area contributed by atoms with Gasteiger partial charge in [-0.3, -0.25) is 23.9 Å². The van der Waals surface area contributed by atoms with Crippen LogP contribution in [-0.2, 0) is 58.2 Å². The molecular weight excluding hydrogens is 711 g/mol. The van der Waals surface area contributed by atoms with E-state index in [4.69, 9.17) is 38.5 Å². The van der Waals surface area contributed by atoms with Gasteiger partial charge >= 0.3 is 25.7 Å². The van der Waals surface area contributed by atoms with Gasteiger partial charge in [0.2, 0.25) is 0 Å². The molecule has 3 heterocycles. The Hall–Kier alpha value is -4.41. The van der Waals surface area contributed by atoms with Crippen molar-refractivity contribution >= 4 is 43.2 Å². The molecule has 0 spiro atoms. The summed E-state index contributed by atoms with van der Waals surface area (Å²) in [4.78, 5) is 46.4. The molecule has 0 bridgehead atoms. The maximum Gasteiger partial charge on any atom is 0.459 e. The van der Waals surface area contributed by atoms with Crippen LogP contribution in [0.5, 0.6) is 5.75 Å². The summed E-state index contributed by atoms with van der Waals surface area (Å²) < 4.78 is 56.8. The Bertz CT molecular complexity index is 1860. The lowest BCUT2D eigenvalue weighted by atomic mass is 9.87. The number of esters is 3. The molecule has 4 rings (SSSR count). The number of nitrogens with two attached hydrogens (primary N) is 1. The smallest absolute Gasteiger partial charge is 0.459 e. The highest BCUT2D eigenvalue weighted by Crippen LogP contribution is 2.48. The third-order valence-corrected chi connectivity index (χ3v) is 10.1. The molecule has 290 valence electrons. The Balaban J connectivity index is 1.74. The second-order valence-corrected chi connectivity index (χ2v) is 15.9. The molecule has 3 aromatic rings. The van der Waals surface area contributed by atoms with E-state index in [0.29, 0.717) is 11.2 Å². The zero-order chi connectivity index (χ0) is 39.4. The number of carbonyl (C=O) groups excluding carboxylic acids is 3. The van der Waals surface area contributed by atoms with Crippen LogP contribution in [0.25, 0.3) is 5.52 Å². The molecule has 0 saturated carbocycles. The van der Waals surface area contributed by atoms with Crippen LogP contribution in [0, 0.1) is 0 Å². The van der Waals surface area contributed by atoms with E-state index < -0.39 is 67.8 Å². The van der Waals surface area contributed by atoms with Crippen molar-refractivity contribution in [1.29, 1.82) is 0 Å². The Kier molecular flexibility index (Phi) is 12.7. The number of rotatable bonds is 15. The summed E-state index contributed by atoms with van der Waals surface area (Å²) in [6.45, 7) is 12.7. The first kappa shape index (κ1) is 41.3. The molecule has 1 aromatic carbocycles. The lowest BCUT2D eigenvalue weighted by Crippen LogP contribution is -2.47. The van der Waals surface area contributed by atoms with Crippen molar-refractivity contribution in [1.82, 2.24) is 19.7 Å². The fraction of sp³-hybridized carbons (Fsp3) is 0.543. The molecule has 1 saturated heterocycles. The highest BCUT2D eigenvalue weighted by Gasteiger charge is 2.61. The molecule has 17 nitrogen and oxygen atoms in total. The average molecular weight is 761 g/mol. The first-order chi connectivity index (χ1) is 24.7. The van der Waals surface area contributed by atoms with Gasteiger partial charge in [0.25, 0.3) is 0 Å². The number of nitrogens with zero attached hydrogens (tertiary/aromatic N) is 4. The summed E-state index contributed by atoms with van der Waals surface area (Å²) in [5.74, 6) is -1.88. The van der Waals surface area contributed by atoms with Crippen molar-refractivity contribution in [2.24, 2.45) is 4.99 Å². The molecule has 0 radical (unpaired) electrons. The number of nitrogen functional groups attached to an aromatic ring is 1. The molecule has 2 aromatic heterocycles. The van der Waals surface area contributed by atoms with E-state index in [0.717, 1.165) is 5.56 Å². The van der Waals surface area contributed by atoms with Gasteiger partial charge in [0.05, 0.1) is 17.9 Å². The molecule has 53 heavy (non-hydrogen) atoms. The molecule has 0 amide bonds. The van der Waals surface area contributed by atoms with Crippen LogP contribution in [-0.4, -0.2) is 96.0 Å². The largest absolute Gasteiger partial charge is 0.461 e. The molecule has 0 aliphatic carbocycles. The van der Waals surface area contributed by atoms with Gasteiger partial charge in [-0.25, -0.2) is 14.1 Å². The van der Waals surface area contributed by atoms with Crippen LogP contribution in [0.15, 0.2) is 47.7 Å². The minimum Gasteiger partial charge on any atom is -0.461 e. The molecule has 18 heteroatoms. The SMILES string of the molecule is CN=C[C@@]1(c2ccc3c(N)ncnn23)O[C@H](COP(=O)(N[C@@H](C)C(=O)OCC(C)(C)OC)Oc2ccc(C(C)(C)C)cc2)[C@@H](OC(C)=O)[C@H]1OC(C)=O. The zero-order valence-electron chi connectivity index (χ0n) is 31.6. The first-order valence-corrected chi connectivity index (χ1v) is 18.4. The van der Waals surface area contributed by atoms with E-state index in [-0.39, 0.29) is 23.6 Å². The van der Waals surface area contributed by atoms with Crippen molar-refractivity contribution in [2.75, 3.05) is 33.1 Å². The predicted octanol–water partition coefficient (Wildman–Crippen LogP) is 3.92. The minimum atomic E-state index is -4.49. The molecule has 1 aliphatic heterocycles. The van der Waals surface area contributed by atoms with E-state index >= 15 is 0 Å². The summed E-state index contributed by atoms with van der Waals surface area (Å²) in [6.07, 6.45) is -1.35. The van der Waals surface area contributed by atoms with E-state index in [1.807, 2.05) is 32.9 Å². The number of hydrogen-bond donors (Lipinski definition) is 2. The normalized spacial score (nSPS) is 22.3. The van der Waals surface area contributed by atoms with Gasteiger partial charge in [0.15, 0.2) is 23.6 Å². The standard InChI is InChI=1S/C35H49N6O11P/c1-21(32(44)47-19-34(7,8)46-10)40-53(45,52-25-13-11-24(12-14-25)33(4,5)6)48-17-27-29(49-22(2)42)30(50-23(3)43)35(51-27,18-37-9)28-16-15-26-31(36)38-20-39-41(26)28/h11-16,18,20-21,27,29-30H,17,19H2,1-10H3,(H,40,45)(H2,36,38,39)/t21-,27+,29+,30+,35-,53?/m0/s1. The highest BCUT2D eigenvalue weighted by molar-refractivity contribution is 7.52. The predicted molar refractivity (Wildman–Crippen MR) is 193 cm³/mol. The van der Waals surface area contributed by atoms with E-state index in [1.54, 1.807) is 38.1 Å². The number of aliphatic imine (C=N–C) groups is 1. The second kappa shape index (κ2) is 16.3. The van der Waals surface area contributed by atoms with Crippen LogP contribution >= 0.6 is 7.75 Å². The van der Waals surface area contributed by atoms with Crippen LogP contribution in [0.4, 0.5) is 5.82 Å². The number of methoxy groups -OCH3 is 1. The van der Waals surface area contributed by atoms with Crippen molar-refractivity contribution in [3.8, 4) is 5.75 Å². The highest BCUT2D eigenvalue weighted by atomic mass is 31.2. The number of aromatic nitrogens is 3. The maximum absolute atomic E-state index is 14.6. The number of benzene rings is 1. The Morgan fingerprint density at radius 1 is 1.09 bits per heavy atom. The van der Waals surface area contributed by atoms with Gasteiger partial charge in [-0.05, 0) is 56.0 Å². The summed E-state index contributed by atoms with van der Waals surface area (Å²) in [7, 11) is -1.53. The molecule has 1 fully saturated rings. The molecule has 3 N–H and O–H groups in total. The van der Waals surface area contributed by atoms with Gasteiger partial charge in [0.1, 0.15) is 36.3 Å². The Morgan fingerprint density at radius 2 is 1.75 bits per heavy atom. The maximum atomic E-state index is 14.6. The number of hydrogen-bond acceptors (Lipinski definition) is 15. The fourth-order valence-corrected chi connectivity index (χ4v) is 7.07. The van der Waals surface area contributed by atoms with Gasteiger partial charge in [-0.2, -0.15) is 10.2 Å².